The highest BCUT2D eigenvalue weighted by Crippen LogP contribution is 2.28. The van der Waals surface area contributed by atoms with Crippen LogP contribution in [-0.4, -0.2) is 44.2 Å². The zero-order valence-electron chi connectivity index (χ0n) is 12.8. The third-order valence-corrected chi connectivity index (χ3v) is 4.87. The summed E-state index contributed by atoms with van der Waals surface area (Å²) < 4.78 is 6.80. The third-order valence-electron chi connectivity index (χ3n) is 3.27. The van der Waals surface area contributed by atoms with E-state index in [0.717, 1.165) is 31.6 Å². The smallest absolute Gasteiger partial charge is 0.194 e. The minimum absolute atomic E-state index is 0.712. The highest BCUT2D eigenvalue weighted by molar-refractivity contribution is 9.11. The van der Waals surface area contributed by atoms with Gasteiger partial charge in [0, 0.05) is 25.1 Å². The van der Waals surface area contributed by atoms with Crippen molar-refractivity contribution in [2.45, 2.75) is 26.3 Å². The lowest BCUT2D eigenvalue weighted by atomic mass is 10.4. The summed E-state index contributed by atoms with van der Waals surface area (Å²) >= 11 is 5.26. The van der Waals surface area contributed by atoms with E-state index in [0.29, 0.717) is 13.2 Å². The second kappa shape index (κ2) is 8.76. The van der Waals surface area contributed by atoms with Gasteiger partial charge in [-0.05, 0) is 53.7 Å². The van der Waals surface area contributed by atoms with Gasteiger partial charge in [0.1, 0.15) is 0 Å². The number of nitrogens with one attached hydrogen (secondary N) is 1. The summed E-state index contributed by atoms with van der Waals surface area (Å²) in [6.45, 7) is 6.17. The van der Waals surface area contributed by atoms with E-state index in [-0.39, 0.29) is 0 Å². The molecule has 1 heterocycles. The first-order valence-electron chi connectivity index (χ1n) is 7.50. The maximum absolute atomic E-state index is 5.63. The molecule has 0 spiro atoms. The van der Waals surface area contributed by atoms with Crippen LogP contribution in [0.1, 0.15) is 24.6 Å². The topological polar surface area (TPSA) is 36.9 Å². The van der Waals surface area contributed by atoms with Gasteiger partial charge in [-0.1, -0.05) is 0 Å². The minimum atomic E-state index is 0.712. The van der Waals surface area contributed by atoms with Crippen molar-refractivity contribution in [1.82, 2.24) is 10.2 Å². The van der Waals surface area contributed by atoms with Gasteiger partial charge in [0.15, 0.2) is 5.96 Å². The molecule has 1 N–H and O–H groups in total. The maximum Gasteiger partial charge on any atom is 0.194 e. The van der Waals surface area contributed by atoms with E-state index in [1.165, 1.54) is 21.5 Å². The van der Waals surface area contributed by atoms with E-state index in [1.807, 2.05) is 0 Å². The van der Waals surface area contributed by atoms with Gasteiger partial charge in [-0.2, -0.15) is 0 Å². The van der Waals surface area contributed by atoms with Crippen molar-refractivity contribution in [2.24, 2.45) is 10.9 Å². The fourth-order valence-electron chi connectivity index (χ4n) is 1.97. The Kier molecular flexibility index (Phi) is 6.99. The standard InChI is InChI=1S/C15H24BrN3OS/c1-3-17-15(18-8-9-20-11-12-4-5-12)19(2)10-13-6-7-14(16)21-13/h6-7,12H,3-5,8-11H2,1-2H3,(H,17,18). The van der Waals surface area contributed by atoms with Crippen molar-refractivity contribution < 1.29 is 4.74 Å². The van der Waals surface area contributed by atoms with Gasteiger partial charge in [-0.25, -0.2) is 0 Å². The van der Waals surface area contributed by atoms with Gasteiger partial charge in [-0.15, -0.1) is 11.3 Å². The molecule has 0 aromatic carbocycles. The summed E-state index contributed by atoms with van der Waals surface area (Å²) in [7, 11) is 2.07. The summed E-state index contributed by atoms with van der Waals surface area (Å²) in [5.74, 6) is 1.76. The molecule has 6 heteroatoms. The fourth-order valence-corrected chi connectivity index (χ4v) is 3.50. The lowest BCUT2D eigenvalue weighted by molar-refractivity contribution is 0.131. The molecule has 118 valence electrons. The SMILES string of the molecule is CCNC(=NCCOCC1CC1)N(C)Cc1ccc(Br)s1. The van der Waals surface area contributed by atoms with E-state index in [4.69, 9.17) is 4.74 Å². The lowest BCUT2D eigenvalue weighted by Gasteiger charge is -2.21. The molecule has 1 saturated carbocycles. The van der Waals surface area contributed by atoms with Crippen LogP contribution in [0.5, 0.6) is 0 Å². The van der Waals surface area contributed by atoms with E-state index in [1.54, 1.807) is 11.3 Å². The number of thiophene rings is 1. The predicted molar refractivity (Wildman–Crippen MR) is 93.0 cm³/mol. The first-order chi connectivity index (χ1) is 10.2. The predicted octanol–water partition coefficient (Wildman–Crippen LogP) is 3.33. The average Bonchev–Trinajstić information content (AvgIpc) is 3.19. The Labute approximate surface area is 139 Å². The monoisotopic (exact) mass is 373 g/mol. The normalized spacial score (nSPS) is 15.3. The summed E-state index contributed by atoms with van der Waals surface area (Å²) in [5.41, 5.74) is 0. The quantitative estimate of drug-likeness (QED) is 0.431. The summed E-state index contributed by atoms with van der Waals surface area (Å²) in [6.07, 6.45) is 2.68. The number of hydrogen-bond donors (Lipinski definition) is 1. The Morgan fingerprint density at radius 3 is 2.95 bits per heavy atom. The summed E-state index contributed by atoms with van der Waals surface area (Å²) in [4.78, 5) is 8.11. The molecule has 1 aromatic rings. The number of hydrogen-bond acceptors (Lipinski definition) is 3. The number of halogens is 1. The summed E-state index contributed by atoms with van der Waals surface area (Å²) in [6, 6.07) is 4.23. The fraction of sp³-hybridized carbons (Fsp3) is 0.667. The molecule has 1 aliphatic rings. The van der Waals surface area contributed by atoms with Gasteiger partial charge < -0.3 is 15.0 Å². The van der Waals surface area contributed by atoms with Crippen molar-refractivity contribution in [3.8, 4) is 0 Å². The minimum Gasteiger partial charge on any atom is -0.379 e. The Morgan fingerprint density at radius 2 is 2.33 bits per heavy atom. The maximum atomic E-state index is 5.63. The second-order valence-electron chi connectivity index (χ2n) is 5.32. The Bertz CT molecular complexity index is 460. The van der Waals surface area contributed by atoms with Gasteiger partial charge in [0.05, 0.1) is 23.5 Å². The van der Waals surface area contributed by atoms with Crippen molar-refractivity contribution >= 4 is 33.2 Å². The number of ether oxygens (including phenoxy) is 1. The first kappa shape index (κ1) is 16.8. The third kappa shape index (κ3) is 6.36. The molecule has 0 aliphatic heterocycles. The Morgan fingerprint density at radius 1 is 1.52 bits per heavy atom. The second-order valence-corrected chi connectivity index (χ2v) is 7.86. The van der Waals surface area contributed by atoms with Crippen LogP contribution in [0.25, 0.3) is 0 Å². The molecule has 4 nitrogen and oxygen atoms in total. The number of nitrogens with zero attached hydrogens (tertiary/aromatic N) is 2. The van der Waals surface area contributed by atoms with Crippen LogP contribution in [0.3, 0.4) is 0 Å². The van der Waals surface area contributed by atoms with Crippen molar-refractivity contribution in [3.05, 3.63) is 20.8 Å². The van der Waals surface area contributed by atoms with Crippen molar-refractivity contribution in [3.63, 3.8) is 0 Å². The molecule has 21 heavy (non-hydrogen) atoms. The van der Waals surface area contributed by atoms with Crippen LogP contribution in [0.2, 0.25) is 0 Å². The zero-order valence-corrected chi connectivity index (χ0v) is 15.2. The molecule has 0 bridgehead atoms. The van der Waals surface area contributed by atoms with E-state index in [9.17, 15) is 0 Å². The first-order valence-corrected chi connectivity index (χ1v) is 9.11. The molecular weight excluding hydrogens is 350 g/mol. The molecule has 1 aliphatic carbocycles. The number of rotatable bonds is 8. The zero-order chi connectivity index (χ0) is 15.1. The highest BCUT2D eigenvalue weighted by atomic mass is 79.9. The molecule has 0 radical (unpaired) electrons. The Hall–Kier alpha value is -0.590. The van der Waals surface area contributed by atoms with Gasteiger partial charge in [0.2, 0.25) is 0 Å². The van der Waals surface area contributed by atoms with Crippen LogP contribution in [0.15, 0.2) is 20.9 Å². The molecular formula is C15H24BrN3OS. The van der Waals surface area contributed by atoms with E-state index in [2.05, 4.69) is 57.2 Å². The summed E-state index contributed by atoms with van der Waals surface area (Å²) in [5, 5.41) is 3.33. The lowest BCUT2D eigenvalue weighted by Crippen LogP contribution is -2.38. The van der Waals surface area contributed by atoms with Crippen LogP contribution >= 0.6 is 27.3 Å². The van der Waals surface area contributed by atoms with Crippen LogP contribution < -0.4 is 5.32 Å². The molecule has 2 rings (SSSR count). The molecule has 0 unspecified atom stereocenters. The van der Waals surface area contributed by atoms with Gasteiger partial charge in [0.25, 0.3) is 0 Å². The molecule has 0 atom stereocenters. The molecule has 0 saturated heterocycles. The van der Waals surface area contributed by atoms with Crippen molar-refractivity contribution in [1.29, 1.82) is 0 Å². The number of aliphatic imine (C=N–C) groups is 1. The number of guanidine groups is 1. The van der Waals surface area contributed by atoms with E-state index < -0.39 is 0 Å². The highest BCUT2D eigenvalue weighted by Gasteiger charge is 2.20. The van der Waals surface area contributed by atoms with Crippen LogP contribution in [0.4, 0.5) is 0 Å². The Balaban J connectivity index is 1.77. The van der Waals surface area contributed by atoms with Crippen LogP contribution in [-0.2, 0) is 11.3 Å². The van der Waals surface area contributed by atoms with Gasteiger partial charge >= 0.3 is 0 Å². The average molecular weight is 374 g/mol. The van der Waals surface area contributed by atoms with E-state index >= 15 is 0 Å². The molecule has 1 aromatic heterocycles. The van der Waals surface area contributed by atoms with Crippen molar-refractivity contribution in [2.75, 3.05) is 33.4 Å². The largest absolute Gasteiger partial charge is 0.379 e. The molecule has 1 fully saturated rings. The van der Waals surface area contributed by atoms with Gasteiger partial charge in [-0.3, -0.25) is 4.99 Å². The molecule has 0 amide bonds. The van der Waals surface area contributed by atoms with Crippen LogP contribution in [0, 0.1) is 5.92 Å².